The van der Waals surface area contributed by atoms with Gasteiger partial charge in [-0.3, -0.25) is 9.59 Å². The highest BCUT2D eigenvalue weighted by Gasteiger charge is 2.30. The zero-order valence-electron chi connectivity index (χ0n) is 16.8. The van der Waals surface area contributed by atoms with Gasteiger partial charge in [0.1, 0.15) is 6.04 Å². The van der Waals surface area contributed by atoms with Crippen molar-refractivity contribution in [3.8, 4) is 5.69 Å². The van der Waals surface area contributed by atoms with Crippen LogP contribution in [-0.2, 0) is 4.79 Å². The summed E-state index contributed by atoms with van der Waals surface area (Å²) in [5, 5.41) is 7.45. The van der Waals surface area contributed by atoms with E-state index < -0.39 is 6.04 Å². The van der Waals surface area contributed by atoms with Crippen molar-refractivity contribution in [1.29, 1.82) is 0 Å². The first-order valence-corrected chi connectivity index (χ1v) is 10.5. The minimum atomic E-state index is -0.503. The monoisotopic (exact) mass is 446 g/mol. The molecule has 1 aromatic carbocycles. The average molecular weight is 447 g/mol. The quantitative estimate of drug-likeness (QED) is 0.762. The summed E-state index contributed by atoms with van der Waals surface area (Å²) in [6.07, 6.45) is 2.07. The number of nitrogens with zero attached hydrogens (tertiary/aromatic N) is 3. The maximum atomic E-state index is 12.8. The number of halogens is 1. The number of hydrogen-bond donors (Lipinski definition) is 1. The number of likely N-dealkylation sites (tertiary alicyclic amines) is 1. The average Bonchev–Trinajstić information content (AvgIpc) is 3.30. The Bertz CT molecular complexity index is 867. The Balaban J connectivity index is 1.74. The highest BCUT2D eigenvalue weighted by atomic mass is 79.9. The van der Waals surface area contributed by atoms with Crippen molar-refractivity contribution in [2.24, 2.45) is 5.92 Å². The molecule has 0 aliphatic carbocycles. The third-order valence-electron chi connectivity index (χ3n) is 5.21. The van der Waals surface area contributed by atoms with Crippen LogP contribution in [0.25, 0.3) is 5.69 Å². The Hall–Kier alpha value is -2.15. The van der Waals surface area contributed by atoms with Gasteiger partial charge in [0.2, 0.25) is 5.91 Å². The van der Waals surface area contributed by atoms with Gasteiger partial charge in [0.15, 0.2) is 0 Å². The number of aryl methyl sites for hydroxylation is 1. The van der Waals surface area contributed by atoms with Crippen LogP contribution in [0.5, 0.6) is 0 Å². The van der Waals surface area contributed by atoms with Gasteiger partial charge in [0.05, 0.1) is 21.5 Å². The van der Waals surface area contributed by atoms with Gasteiger partial charge >= 0.3 is 0 Å². The van der Waals surface area contributed by atoms with Crippen molar-refractivity contribution < 1.29 is 9.59 Å². The summed E-state index contributed by atoms with van der Waals surface area (Å²) in [5.41, 5.74) is 3.34. The summed E-state index contributed by atoms with van der Waals surface area (Å²) in [6.45, 7) is 9.42. The molecule has 2 aromatic rings. The second kappa shape index (κ2) is 8.47. The lowest BCUT2D eigenvalue weighted by atomic mass is 10.0. The minimum absolute atomic E-state index is 0.0185. The van der Waals surface area contributed by atoms with Gasteiger partial charge in [-0.25, -0.2) is 4.68 Å². The molecule has 0 saturated carbocycles. The first-order chi connectivity index (χ1) is 13.3. The third kappa shape index (κ3) is 4.14. The smallest absolute Gasteiger partial charge is 0.251 e. The van der Waals surface area contributed by atoms with E-state index in [1.165, 1.54) is 0 Å². The van der Waals surface area contributed by atoms with Gasteiger partial charge in [-0.05, 0) is 72.8 Å². The highest BCUT2D eigenvalue weighted by Crippen LogP contribution is 2.23. The maximum Gasteiger partial charge on any atom is 0.251 e. The van der Waals surface area contributed by atoms with Crippen molar-refractivity contribution in [3.63, 3.8) is 0 Å². The standard InChI is InChI=1S/C21H27BrN4O2/c1-13(2)19(21(28)25-11-5-6-12-25)23-20(27)16-7-9-17(10-8-16)26-15(4)18(22)14(3)24-26/h7-10,13,19H,5-6,11-12H2,1-4H3,(H,23,27)/t19-/m0/s1. The number of amides is 2. The fraction of sp³-hybridized carbons (Fsp3) is 0.476. The summed E-state index contributed by atoms with van der Waals surface area (Å²) in [4.78, 5) is 27.4. The summed E-state index contributed by atoms with van der Waals surface area (Å²) >= 11 is 3.53. The van der Waals surface area contributed by atoms with Crippen LogP contribution >= 0.6 is 15.9 Å². The predicted molar refractivity (Wildman–Crippen MR) is 113 cm³/mol. The number of carbonyl (C=O) groups is 2. The van der Waals surface area contributed by atoms with Crippen LogP contribution in [0, 0.1) is 19.8 Å². The number of hydrogen-bond acceptors (Lipinski definition) is 3. The summed E-state index contributed by atoms with van der Waals surface area (Å²) in [6, 6.07) is 6.78. The Morgan fingerprint density at radius 3 is 2.21 bits per heavy atom. The Morgan fingerprint density at radius 1 is 1.11 bits per heavy atom. The first-order valence-electron chi connectivity index (χ1n) is 9.71. The molecule has 1 aliphatic heterocycles. The number of benzene rings is 1. The number of nitrogens with one attached hydrogen (secondary N) is 1. The number of carbonyl (C=O) groups excluding carboxylic acids is 2. The zero-order chi connectivity index (χ0) is 20.4. The normalized spacial score (nSPS) is 15.1. The molecule has 1 fully saturated rings. The van der Waals surface area contributed by atoms with Gasteiger partial charge < -0.3 is 10.2 Å². The molecule has 1 aromatic heterocycles. The van der Waals surface area contributed by atoms with Crippen molar-refractivity contribution in [1.82, 2.24) is 20.0 Å². The van der Waals surface area contributed by atoms with Crippen LogP contribution < -0.4 is 5.32 Å². The van der Waals surface area contributed by atoms with Gasteiger partial charge in [-0.2, -0.15) is 5.10 Å². The van der Waals surface area contributed by atoms with Gasteiger partial charge in [-0.1, -0.05) is 13.8 Å². The summed E-state index contributed by atoms with van der Waals surface area (Å²) in [7, 11) is 0. The van der Waals surface area contributed by atoms with Crippen LogP contribution in [0.2, 0.25) is 0 Å². The van der Waals surface area contributed by atoms with Crippen LogP contribution in [0.3, 0.4) is 0 Å². The zero-order valence-corrected chi connectivity index (χ0v) is 18.4. The van der Waals surface area contributed by atoms with Gasteiger partial charge in [0, 0.05) is 18.7 Å². The van der Waals surface area contributed by atoms with E-state index in [0.717, 1.165) is 47.5 Å². The molecular formula is C21H27BrN4O2. The molecule has 0 unspecified atom stereocenters. The Labute approximate surface area is 174 Å². The van der Waals surface area contributed by atoms with E-state index in [2.05, 4.69) is 26.3 Å². The molecule has 1 aliphatic rings. The molecule has 0 radical (unpaired) electrons. The fourth-order valence-corrected chi connectivity index (χ4v) is 3.75. The molecule has 28 heavy (non-hydrogen) atoms. The first kappa shape index (κ1) is 20.6. The van der Waals surface area contributed by atoms with Crippen LogP contribution in [0.15, 0.2) is 28.7 Å². The Kier molecular flexibility index (Phi) is 6.23. The lowest BCUT2D eigenvalue weighted by Crippen LogP contribution is -2.50. The summed E-state index contributed by atoms with van der Waals surface area (Å²) < 4.78 is 2.82. The topological polar surface area (TPSA) is 67.2 Å². The van der Waals surface area contributed by atoms with Gasteiger partial charge in [-0.15, -0.1) is 0 Å². The molecule has 1 N–H and O–H groups in total. The van der Waals surface area contributed by atoms with Gasteiger partial charge in [0.25, 0.3) is 5.91 Å². The molecule has 0 spiro atoms. The molecule has 150 valence electrons. The van der Waals surface area contributed by atoms with Crippen LogP contribution in [-0.4, -0.2) is 45.6 Å². The van der Waals surface area contributed by atoms with E-state index in [0.29, 0.717) is 5.56 Å². The van der Waals surface area contributed by atoms with E-state index in [1.54, 1.807) is 12.1 Å². The highest BCUT2D eigenvalue weighted by molar-refractivity contribution is 9.10. The third-order valence-corrected chi connectivity index (χ3v) is 6.36. The van der Waals surface area contributed by atoms with Crippen molar-refractivity contribution in [2.75, 3.05) is 13.1 Å². The summed E-state index contributed by atoms with van der Waals surface area (Å²) in [5.74, 6) is -0.180. The molecule has 0 bridgehead atoms. The fourth-order valence-electron chi connectivity index (χ4n) is 3.50. The number of rotatable bonds is 5. The molecule has 1 atom stereocenters. The lowest BCUT2D eigenvalue weighted by molar-refractivity contribution is -0.133. The largest absolute Gasteiger partial charge is 0.341 e. The minimum Gasteiger partial charge on any atom is -0.341 e. The molecular weight excluding hydrogens is 420 g/mol. The van der Waals surface area contributed by atoms with Crippen LogP contribution in [0.1, 0.15) is 48.4 Å². The van der Waals surface area contributed by atoms with Crippen molar-refractivity contribution in [2.45, 2.75) is 46.6 Å². The van der Waals surface area contributed by atoms with Crippen LogP contribution in [0.4, 0.5) is 0 Å². The van der Waals surface area contributed by atoms with E-state index in [-0.39, 0.29) is 17.7 Å². The van der Waals surface area contributed by atoms with E-state index in [9.17, 15) is 9.59 Å². The second-order valence-electron chi connectivity index (χ2n) is 7.67. The van der Waals surface area contributed by atoms with Crippen molar-refractivity contribution >= 4 is 27.7 Å². The SMILES string of the molecule is Cc1nn(-c2ccc(C(=O)N[C@H](C(=O)N3CCCC3)C(C)C)cc2)c(C)c1Br. The maximum absolute atomic E-state index is 12.8. The lowest BCUT2D eigenvalue weighted by Gasteiger charge is -2.26. The molecule has 2 heterocycles. The molecule has 1 saturated heterocycles. The van der Waals surface area contributed by atoms with E-state index >= 15 is 0 Å². The molecule has 3 rings (SSSR count). The molecule has 2 amide bonds. The second-order valence-corrected chi connectivity index (χ2v) is 8.46. The number of aromatic nitrogens is 2. The predicted octanol–water partition coefficient (Wildman–Crippen LogP) is 3.63. The molecule has 7 heteroatoms. The molecule has 6 nitrogen and oxygen atoms in total. The van der Waals surface area contributed by atoms with E-state index in [1.807, 2.05) is 49.4 Å². The van der Waals surface area contributed by atoms with Crippen molar-refractivity contribution in [3.05, 3.63) is 45.7 Å². The Morgan fingerprint density at radius 2 is 1.71 bits per heavy atom. The van der Waals surface area contributed by atoms with E-state index in [4.69, 9.17) is 0 Å².